The molecule has 3 heterocycles. The van der Waals surface area contributed by atoms with E-state index in [9.17, 15) is 4.79 Å². The van der Waals surface area contributed by atoms with Gasteiger partial charge in [-0.05, 0) is 49.6 Å². The third-order valence-corrected chi connectivity index (χ3v) is 6.73. The van der Waals surface area contributed by atoms with Crippen LogP contribution in [0.1, 0.15) is 39.5 Å². The Bertz CT molecular complexity index is 1240. The van der Waals surface area contributed by atoms with Crippen LogP contribution in [0.25, 0.3) is 17.0 Å². The first-order chi connectivity index (χ1) is 14.0. The van der Waals surface area contributed by atoms with Gasteiger partial charge in [-0.25, -0.2) is 15.4 Å². The number of aryl methyl sites for hydroxylation is 1. The van der Waals surface area contributed by atoms with Crippen molar-refractivity contribution in [1.29, 1.82) is 0 Å². The predicted octanol–water partition coefficient (Wildman–Crippen LogP) is 4.62. The van der Waals surface area contributed by atoms with Crippen LogP contribution in [0.5, 0.6) is 0 Å². The first-order valence-corrected chi connectivity index (χ1v) is 10.4. The fourth-order valence-corrected chi connectivity index (χ4v) is 5.05. The maximum Gasteiger partial charge on any atom is 0.274 e. The second-order valence-corrected chi connectivity index (χ2v) is 8.55. The lowest BCUT2D eigenvalue weighted by atomic mass is 9.95. The lowest BCUT2D eigenvalue weighted by molar-refractivity contribution is 0.0706. The zero-order valence-electron chi connectivity index (χ0n) is 15.5. The van der Waals surface area contributed by atoms with Crippen molar-refractivity contribution >= 4 is 34.5 Å². The van der Waals surface area contributed by atoms with E-state index in [1.165, 1.54) is 0 Å². The molecule has 0 atom stereocenters. The van der Waals surface area contributed by atoms with Gasteiger partial charge in [0.1, 0.15) is 16.3 Å². The third kappa shape index (κ3) is 2.93. The largest absolute Gasteiger partial charge is 0.296 e. The van der Waals surface area contributed by atoms with Crippen LogP contribution < -0.4 is 5.48 Å². The van der Waals surface area contributed by atoms with E-state index in [0.717, 1.165) is 46.1 Å². The number of pyridine rings is 1. The number of hydrogen-bond acceptors (Lipinski definition) is 5. The number of carbonyl (C=O) groups is 1. The average molecular weight is 425 g/mol. The number of aromatic nitrogens is 3. The number of hydrogen-bond donors (Lipinski definition) is 2. The number of thiazole rings is 1. The van der Waals surface area contributed by atoms with Crippen LogP contribution in [-0.2, 0) is 5.41 Å². The molecule has 5 rings (SSSR count). The van der Waals surface area contributed by atoms with Crippen molar-refractivity contribution in [3.8, 4) is 11.4 Å². The molecule has 1 fully saturated rings. The lowest BCUT2D eigenvalue weighted by Gasteiger charge is -2.13. The van der Waals surface area contributed by atoms with E-state index in [2.05, 4.69) is 10.4 Å². The molecule has 1 aliphatic rings. The molecule has 0 aliphatic heterocycles. The van der Waals surface area contributed by atoms with Gasteiger partial charge in [-0.2, -0.15) is 0 Å². The van der Waals surface area contributed by atoms with E-state index in [0.29, 0.717) is 10.6 Å². The van der Waals surface area contributed by atoms with Crippen molar-refractivity contribution in [2.45, 2.75) is 25.2 Å². The highest BCUT2D eigenvalue weighted by molar-refractivity contribution is 7.10. The van der Waals surface area contributed by atoms with Crippen LogP contribution in [0.3, 0.4) is 0 Å². The van der Waals surface area contributed by atoms with Crippen molar-refractivity contribution in [2.24, 2.45) is 0 Å². The molecule has 146 valence electrons. The van der Waals surface area contributed by atoms with Gasteiger partial charge in [0.2, 0.25) is 0 Å². The Kier molecular flexibility index (Phi) is 4.20. The molecule has 3 aromatic heterocycles. The normalized spacial score (nSPS) is 14.9. The van der Waals surface area contributed by atoms with Crippen LogP contribution in [0.2, 0.25) is 5.02 Å². The van der Waals surface area contributed by atoms with Gasteiger partial charge in [0.25, 0.3) is 5.91 Å². The molecule has 8 heteroatoms. The Hall–Kier alpha value is -2.74. The van der Waals surface area contributed by atoms with Crippen LogP contribution in [0.4, 0.5) is 0 Å². The van der Waals surface area contributed by atoms with Gasteiger partial charge in [-0.3, -0.25) is 14.4 Å². The second-order valence-electron chi connectivity index (χ2n) is 7.26. The summed E-state index contributed by atoms with van der Waals surface area (Å²) in [7, 11) is 0. The monoisotopic (exact) mass is 424 g/mol. The van der Waals surface area contributed by atoms with E-state index in [1.54, 1.807) is 28.9 Å². The minimum Gasteiger partial charge on any atom is -0.296 e. The summed E-state index contributed by atoms with van der Waals surface area (Å²) in [5.41, 5.74) is 6.70. The van der Waals surface area contributed by atoms with Gasteiger partial charge in [0, 0.05) is 22.6 Å². The molecule has 2 N–H and O–H groups in total. The van der Waals surface area contributed by atoms with Gasteiger partial charge in [0.15, 0.2) is 0 Å². The summed E-state index contributed by atoms with van der Waals surface area (Å²) in [4.78, 5) is 21.2. The Morgan fingerprint density at radius 2 is 1.97 bits per heavy atom. The fraction of sp³-hybridized carbons (Fsp3) is 0.190. The van der Waals surface area contributed by atoms with E-state index < -0.39 is 5.91 Å². The summed E-state index contributed by atoms with van der Waals surface area (Å²) in [5, 5.41) is 12.6. The Balaban J connectivity index is 1.53. The van der Waals surface area contributed by atoms with E-state index >= 15 is 0 Å². The average Bonchev–Trinajstić information content (AvgIpc) is 3.28. The highest BCUT2D eigenvalue weighted by Crippen LogP contribution is 2.54. The molecule has 0 saturated heterocycles. The van der Waals surface area contributed by atoms with Gasteiger partial charge in [0.05, 0.1) is 16.4 Å². The third-order valence-electron chi connectivity index (χ3n) is 5.46. The van der Waals surface area contributed by atoms with Crippen LogP contribution in [0, 0.1) is 6.92 Å². The maximum absolute atomic E-state index is 11.6. The standard InChI is InChI=1S/C21H17ClN4O2S/c1-12-18(26-10-15(22)6-7-17(26)23-12)16-11-29-20(24-16)21(8-9-21)14-4-2-13(3-5-14)19(27)25-28/h2-7,10-11,28H,8-9H2,1H3,(H,25,27). The van der Waals surface area contributed by atoms with Crippen LogP contribution in [-0.4, -0.2) is 25.5 Å². The topological polar surface area (TPSA) is 79.5 Å². The second kappa shape index (κ2) is 6.66. The summed E-state index contributed by atoms with van der Waals surface area (Å²) < 4.78 is 1.98. The molecular weight excluding hydrogens is 408 g/mol. The van der Waals surface area contributed by atoms with E-state index in [4.69, 9.17) is 21.8 Å². The summed E-state index contributed by atoms with van der Waals surface area (Å²) in [5.74, 6) is -0.514. The molecule has 0 bridgehead atoms. The number of carbonyl (C=O) groups excluding carboxylic acids is 1. The van der Waals surface area contributed by atoms with Crippen molar-refractivity contribution in [3.05, 3.63) is 74.8 Å². The molecule has 29 heavy (non-hydrogen) atoms. The number of fused-ring (bicyclic) bond motifs is 1. The van der Waals surface area contributed by atoms with Gasteiger partial charge < -0.3 is 0 Å². The fourth-order valence-electron chi connectivity index (χ4n) is 3.80. The van der Waals surface area contributed by atoms with Crippen LogP contribution in [0.15, 0.2) is 48.0 Å². The highest BCUT2D eigenvalue weighted by atomic mass is 35.5. The van der Waals surface area contributed by atoms with Gasteiger partial charge >= 0.3 is 0 Å². The van der Waals surface area contributed by atoms with Gasteiger partial charge in [-0.1, -0.05) is 23.7 Å². The van der Waals surface area contributed by atoms with E-state index in [-0.39, 0.29) is 5.41 Å². The summed E-state index contributed by atoms with van der Waals surface area (Å²) in [6, 6.07) is 11.1. The summed E-state index contributed by atoms with van der Waals surface area (Å²) in [6.45, 7) is 1.98. The van der Waals surface area contributed by atoms with Crippen LogP contribution >= 0.6 is 22.9 Å². The highest BCUT2D eigenvalue weighted by Gasteiger charge is 2.48. The molecule has 1 amide bonds. The number of amides is 1. The molecule has 0 spiro atoms. The molecule has 0 radical (unpaired) electrons. The van der Waals surface area contributed by atoms with Crippen molar-refractivity contribution in [2.75, 3.05) is 0 Å². The summed E-state index contributed by atoms with van der Waals surface area (Å²) >= 11 is 7.83. The zero-order chi connectivity index (χ0) is 20.2. The lowest BCUT2D eigenvalue weighted by Crippen LogP contribution is -2.18. The quantitative estimate of drug-likeness (QED) is 0.370. The van der Waals surface area contributed by atoms with Crippen molar-refractivity contribution < 1.29 is 10.0 Å². The summed E-state index contributed by atoms with van der Waals surface area (Å²) in [6.07, 6.45) is 3.90. The van der Waals surface area contributed by atoms with Gasteiger partial charge in [-0.15, -0.1) is 11.3 Å². The molecule has 0 unspecified atom stereocenters. The molecular formula is C21H17ClN4O2S. The minimum absolute atomic E-state index is 0.108. The number of nitrogens with zero attached hydrogens (tertiary/aromatic N) is 3. The molecule has 6 nitrogen and oxygen atoms in total. The number of benzene rings is 1. The Morgan fingerprint density at radius 1 is 1.21 bits per heavy atom. The smallest absolute Gasteiger partial charge is 0.274 e. The molecule has 4 aromatic rings. The molecule has 1 aliphatic carbocycles. The number of halogens is 1. The maximum atomic E-state index is 11.6. The minimum atomic E-state index is -0.514. The SMILES string of the molecule is Cc1nc2ccc(Cl)cn2c1-c1csc(C2(c3ccc(C(=O)NO)cc3)CC2)n1. The Morgan fingerprint density at radius 3 is 2.66 bits per heavy atom. The molecule has 1 aromatic carbocycles. The van der Waals surface area contributed by atoms with Crippen molar-refractivity contribution in [1.82, 2.24) is 19.8 Å². The van der Waals surface area contributed by atoms with Crippen molar-refractivity contribution in [3.63, 3.8) is 0 Å². The predicted molar refractivity (Wildman–Crippen MR) is 112 cm³/mol. The zero-order valence-corrected chi connectivity index (χ0v) is 17.1. The number of nitrogens with one attached hydrogen (secondary N) is 1. The molecule has 1 saturated carbocycles. The number of imidazole rings is 1. The van der Waals surface area contributed by atoms with E-state index in [1.807, 2.05) is 41.8 Å². The first kappa shape index (κ1) is 18.3. The first-order valence-electron chi connectivity index (χ1n) is 9.17. The Labute approximate surface area is 175 Å². The number of rotatable bonds is 4. The number of hydroxylamine groups is 1.